The molecule has 16 atom stereocenters. The summed E-state index contributed by atoms with van der Waals surface area (Å²) in [5.74, 6) is -10.7. The number of cyclic esters (lactones) is 1. The van der Waals surface area contributed by atoms with Gasteiger partial charge in [-0.3, -0.25) is 48.6 Å². The lowest BCUT2D eigenvalue weighted by molar-refractivity contribution is -0.265. The number of amides is 5. The number of fused-ring (bicyclic) bond motifs is 4. The molecule has 0 radical (unpaired) electrons. The van der Waals surface area contributed by atoms with Crippen molar-refractivity contribution in [3.8, 4) is 0 Å². The number of ether oxygens (including phenoxy) is 9. The number of ketones is 3. The molecule has 6 aliphatic rings. The number of methoxy groups -OCH3 is 3. The lowest BCUT2D eigenvalue weighted by Crippen LogP contribution is -2.61. The zero-order chi connectivity index (χ0) is 73.8. The van der Waals surface area contributed by atoms with Crippen LogP contribution in [0, 0.1) is 35.5 Å². The average molecular weight is 1430 g/mol. The number of hydrogen-bond acceptors (Lipinski definition) is 23. The van der Waals surface area contributed by atoms with E-state index in [4.69, 9.17) is 42.6 Å². The molecular formula is C75H107N7O20. The largest absolute Gasteiger partial charge is 0.460 e. The van der Waals surface area contributed by atoms with Crippen LogP contribution >= 0.6 is 0 Å². The van der Waals surface area contributed by atoms with Crippen molar-refractivity contribution in [2.24, 2.45) is 35.5 Å². The number of rotatable bonds is 23. The van der Waals surface area contributed by atoms with E-state index in [9.17, 15) is 53.4 Å². The molecule has 8 rings (SSSR count). The molecule has 1 aromatic heterocycles. The van der Waals surface area contributed by atoms with Gasteiger partial charge in [-0.2, -0.15) is 0 Å². The number of aliphatic hydroxyl groups is 2. The lowest BCUT2D eigenvalue weighted by atomic mass is 9.78. The van der Waals surface area contributed by atoms with Crippen molar-refractivity contribution in [1.82, 2.24) is 30.1 Å². The van der Waals surface area contributed by atoms with Crippen LogP contribution < -0.4 is 10.6 Å². The summed E-state index contributed by atoms with van der Waals surface area (Å²) < 4.78 is 55.5. The second-order valence-corrected chi connectivity index (χ2v) is 28.3. The van der Waals surface area contributed by atoms with Gasteiger partial charge >= 0.3 is 5.97 Å². The summed E-state index contributed by atoms with van der Waals surface area (Å²) in [5.41, 5.74) is 2.65. The van der Waals surface area contributed by atoms with Crippen LogP contribution in [0.25, 0.3) is 0 Å². The minimum absolute atomic E-state index is 0.0115. The molecule has 27 nitrogen and oxygen atoms in total. The van der Waals surface area contributed by atoms with Crippen LogP contribution in [-0.4, -0.2) is 223 Å². The molecule has 102 heavy (non-hydrogen) atoms. The monoisotopic (exact) mass is 1430 g/mol. The molecule has 27 heteroatoms. The first kappa shape index (κ1) is 80.6. The van der Waals surface area contributed by atoms with Gasteiger partial charge in [-0.15, -0.1) is 5.10 Å². The van der Waals surface area contributed by atoms with Crippen molar-refractivity contribution in [1.29, 1.82) is 0 Å². The number of benzene rings is 1. The highest BCUT2D eigenvalue weighted by molar-refractivity contribution is 6.39. The van der Waals surface area contributed by atoms with E-state index < -0.39 is 113 Å². The third kappa shape index (κ3) is 21.1. The first-order valence-electron chi connectivity index (χ1n) is 36.2. The summed E-state index contributed by atoms with van der Waals surface area (Å²) in [7, 11) is 4.58. The molecule has 1 aliphatic carbocycles. The van der Waals surface area contributed by atoms with Gasteiger partial charge < -0.3 is 63.1 Å². The molecular weight excluding hydrogens is 1320 g/mol. The molecule has 5 aliphatic heterocycles. The Balaban J connectivity index is 0.818. The van der Waals surface area contributed by atoms with Gasteiger partial charge in [0.2, 0.25) is 17.6 Å². The molecule has 6 heterocycles. The fourth-order valence-electron chi connectivity index (χ4n) is 14.6. The Kier molecular flexibility index (Phi) is 30.5. The van der Waals surface area contributed by atoms with Crippen LogP contribution in [-0.2, 0) is 89.3 Å². The predicted octanol–water partition coefficient (Wildman–Crippen LogP) is 6.56. The van der Waals surface area contributed by atoms with Gasteiger partial charge in [0, 0.05) is 77.1 Å². The topological polar surface area (TPSA) is 338 Å². The number of esters is 1. The summed E-state index contributed by atoms with van der Waals surface area (Å²) in [6, 6.07) is 2.62. The van der Waals surface area contributed by atoms with E-state index in [-0.39, 0.29) is 105 Å². The molecule has 3 saturated heterocycles. The molecule has 1 unspecified atom stereocenters. The molecule has 1 aromatic carbocycles. The Morgan fingerprint density at radius 2 is 1.54 bits per heavy atom. The van der Waals surface area contributed by atoms with E-state index >= 15 is 0 Å². The maximum atomic E-state index is 14.7. The number of allylic oxidation sites excluding steroid dienone is 6. The summed E-state index contributed by atoms with van der Waals surface area (Å²) in [4.78, 5) is 125. The van der Waals surface area contributed by atoms with Crippen LogP contribution in [0.2, 0.25) is 0 Å². The van der Waals surface area contributed by atoms with Gasteiger partial charge in [0.05, 0.1) is 94.5 Å². The van der Waals surface area contributed by atoms with Crippen molar-refractivity contribution in [3.63, 3.8) is 0 Å². The van der Waals surface area contributed by atoms with E-state index in [2.05, 4.69) is 20.9 Å². The third-order valence-corrected chi connectivity index (χ3v) is 20.7. The van der Waals surface area contributed by atoms with Gasteiger partial charge in [0.15, 0.2) is 5.78 Å². The van der Waals surface area contributed by atoms with Crippen LogP contribution in [0.5, 0.6) is 0 Å². The first-order chi connectivity index (χ1) is 48.9. The number of Topliss-reactive ketones (excluding diaryl/α,β-unsaturated/α-hetero) is 3. The van der Waals surface area contributed by atoms with Crippen LogP contribution in [0.1, 0.15) is 165 Å². The predicted molar refractivity (Wildman–Crippen MR) is 372 cm³/mol. The Morgan fingerprint density at radius 1 is 0.775 bits per heavy atom. The highest BCUT2D eigenvalue weighted by atomic mass is 16.6. The third-order valence-electron chi connectivity index (χ3n) is 20.7. The molecule has 2 aromatic rings. The summed E-state index contributed by atoms with van der Waals surface area (Å²) in [5, 5.41) is 37.5. The number of aliphatic hydroxyl groups excluding tert-OH is 1. The van der Waals surface area contributed by atoms with Crippen LogP contribution in [0.15, 0.2) is 72.0 Å². The Hall–Kier alpha value is -7.05. The van der Waals surface area contributed by atoms with Crippen molar-refractivity contribution >= 4 is 58.5 Å². The number of piperidine rings is 2. The minimum Gasteiger partial charge on any atom is -0.460 e. The van der Waals surface area contributed by atoms with Crippen LogP contribution in [0.4, 0.5) is 5.69 Å². The van der Waals surface area contributed by atoms with Crippen molar-refractivity contribution in [2.45, 2.75) is 212 Å². The fourth-order valence-corrected chi connectivity index (χ4v) is 14.6. The normalized spacial score (nSPS) is 32.2. The smallest absolute Gasteiger partial charge is 0.329 e. The number of aromatic nitrogens is 3. The van der Waals surface area contributed by atoms with Crippen LogP contribution in [0.3, 0.4) is 0 Å². The standard InChI is InChI=1S/C75H107N7O20/c1-45-17-12-11-13-18-46(2)61(94-8)41-54-24-22-51(7)75(93,102-54)69(87)73(91)81-29-15-14-21-58(81)74(92)101-62(42-59(83)47(3)38-50(6)67(86)68(96-10)66(85)49(5)37-45)48(4)39-52-23-26-60(63(40-52)95-9)100-36-35-99-44-53-43-80(79-78-53)30-32-98-34-33-97-31-28-76-56-20-16-19-55-65(56)72(90)82(71(55)89)57-25-27-64(84)77-70(57)88/h11-13,16-20,38,43,45,47-49,51-52,54,57-58,60-63,67-68,76,86,93H,14-15,21-37,39-42,44H2,1-10H3,(H,77,84,88)/b13-11+,17-12+,46-18+,50-38+/t45-,47-,48+,49-,51-,52+,54+,57?,58+,60-,61+,62+,63-,67-,68-,75-/m1/s1. The van der Waals surface area contributed by atoms with Gasteiger partial charge in [-0.05, 0) is 126 Å². The molecule has 4 fully saturated rings. The highest BCUT2D eigenvalue weighted by Gasteiger charge is 2.53. The van der Waals surface area contributed by atoms with Gasteiger partial charge in [-0.1, -0.05) is 82.4 Å². The molecule has 2 bridgehead atoms. The van der Waals surface area contributed by atoms with Crippen molar-refractivity contribution < 1.29 is 96.0 Å². The number of carbonyl (C=O) groups is 9. The Bertz CT molecular complexity index is 3370. The van der Waals surface area contributed by atoms with Crippen molar-refractivity contribution in [2.75, 3.05) is 79.4 Å². The number of carbonyl (C=O) groups excluding carboxylic acids is 9. The first-order valence-corrected chi connectivity index (χ1v) is 36.2. The molecule has 562 valence electrons. The summed E-state index contributed by atoms with van der Waals surface area (Å²) >= 11 is 0. The number of anilines is 1. The van der Waals surface area contributed by atoms with E-state index in [0.29, 0.717) is 108 Å². The molecule has 1 saturated carbocycles. The number of nitrogens with zero attached hydrogens (tertiary/aromatic N) is 5. The van der Waals surface area contributed by atoms with E-state index in [1.165, 1.54) is 18.1 Å². The molecule has 0 spiro atoms. The Morgan fingerprint density at radius 3 is 2.28 bits per heavy atom. The van der Waals surface area contributed by atoms with Crippen molar-refractivity contribution in [3.05, 3.63) is 88.8 Å². The number of nitrogens with one attached hydrogen (secondary N) is 2. The lowest BCUT2D eigenvalue weighted by Gasteiger charge is -2.42. The summed E-state index contributed by atoms with van der Waals surface area (Å²) in [6.45, 7) is 15.5. The zero-order valence-corrected chi connectivity index (χ0v) is 60.9. The SMILES string of the molecule is CO[C@H]1C[C@@H]2CC[C@@H](C)[C@@](O)(O2)C(=O)C(=O)N2CCCC[C@H]2C(=O)O[C@H]([C@@H](C)C[C@@H]2CC[C@@H](OCCOCc3cn(CCOCCOCCNc4cccc5c4C(=O)N(C4CCC(=O)NC4=O)C5=O)nn3)[C@H](OC)C2)CC(=O)[C@H](C)/C=C(\C)[C@@H](O)[C@H](OC)C(=O)[C@H](C)C[C@H](C)/C=C/C=C/C=C/1C. The molecule has 5 amide bonds. The highest BCUT2D eigenvalue weighted by Crippen LogP contribution is 2.39. The quantitative estimate of drug-likeness (QED) is 0.0301. The second-order valence-electron chi connectivity index (χ2n) is 28.3. The van der Waals surface area contributed by atoms with Gasteiger partial charge in [0.25, 0.3) is 23.5 Å². The maximum absolute atomic E-state index is 14.7. The van der Waals surface area contributed by atoms with Gasteiger partial charge in [-0.25, -0.2) is 9.48 Å². The maximum Gasteiger partial charge on any atom is 0.329 e. The molecule has 4 N–H and O–H groups in total. The van der Waals surface area contributed by atoms with Gasteiger partial charge in [0.1, 0.15) is 41.9 Å². The van der Waals surface area contributed by atoms with E-state index in [0.717, 1.165) is 16.9 Å². The fraction of sp³-hybridized carbons (Fsp3) is 0.667. The van der Waals surface area contributed by atoms with E-state index in [1.54, 1.807) is 64.1 Å². The number of imide groups is 2. The minimum atomic E-state index is -2.47. The Labute approximate surface area is 598 Å². The zero-order valence-electron chi connectivity index (χ0n) is 60.9. The average Bonchev–Trinajstić information content (AvgIpc) is 1.46. The van der Waals surface area contributed by atoms with E-state index in [1.807, 2.05) is 58.1 Å². The summed E-state index contributed by atoms with van der Waals surface area (Å²) in [6.07, 6.45) is 13.1. The second kappa shape index (κ2) is 38.6. The number of hydrogen-bond donors (Lipinski definition) is 4.